The Morgan fingerprint density at radius 1 is 1.24 bits per heavy atom. The van der Waals surface area contributed by atoms with Gasteiger partial charge in [0.05, 0.1) is 22.2 Å². The maximum atomic E-state index is 10.5. The summed E-state index contributed by atoms with van der Waals surface area (Å²) >= 11 is 9.62. The van der Waals surface area contributed by atoms with Crippen LogP contribution in [0.2, 0.25) is 5.02 Å². The number of hydrogen-bond donors (Lipinski definition) is 1. The largest absolute Gasteiger partial charge is 0.388 e. The van der Waals surface area contributed by atoms with E-state index in [0.717, 1.165) is 21.3 Å². The minimum Gasteiger partial charge on any atom is -0.388 e. The van der Waals surface area contributed by atoms with Gasteiger partial charge in [-0.3, -0.25) is 0 Å². The number of imidazole rings is 1. The van der Waals surface area contributed by atoms with Crippen LogP contribution in [0.25, 0.3) is 11.0 Å². The number of fused-ring (bicyclic) bond motifs is 1. The summed E-state index contributed by atoms with van der Waals surface area (Å²) in [6.45, 7) is 0. The summed E-state index contributed by atoms with van der Waals surface area (Å²) in [6, 6.07) is 13.5. The topological polar surface area (TPSA) is 38.0 Å². The van der Waals surface area contributed by atoms with Crippen LogP contribution in [0.1, 0.15) is 17.5 Å². The fourth-order valence-electron chi connectivity index (χ4n) is 2.44. The van der Waals surface area contributed by atoms with Gasteiger partial charge in [-0.1, -0.05) is 35.9 Å². The van der Waals surface area contributed by atoms with Crippen molar-refractivity contribution in [2.75, 3.05) is 0 Å². The van der Waals surface area contributed by atoms with E-state index in [2.05, 4.69) is 20.9 Å². The van der Waals surface area contributed by atoms with E-state index < -0.39 is 6.10 Å². The molecule has 0 aliphatic rings. The maximum Gasteiger partial charge on any atom is 0.112 e. The lowest BCUT2D eigenvalue weighted by Gasteiger charge is -2.13. The summed E-state index contributed by atoms with van der Waals surface area (Å²) < 4.78 is 2.79. The highest BCUT2D eigenvalue weighted by Gasteiger charge is 2.17. The van der Waals surface area contributed by atoms with Crippen molar-refractivity contribution < 1.29 is 5.11 Å². The van der Waals surface area contributed by atoms with Gasteiger partial charge < -0.3 is 9.67 Å². The van der Waals surface area contributed by atoms with Crippen molar-refractivity contribution in [2.45, 2.75) is 12.5 Å². The van der Waals surface area contributed by atoms with Gasteiger partial charge in [0.1, 0.15) is 5.82 Å². The molecule has 1 N–H and O–H groups in total. The predicted molar refractivity (Wildman–Crippen MR) is 88.5 cm³/mol. The van der Waals surface area contributed by atoms with Crippen LogP contribution in [0.4, 0.5) is 0 Å². The van der Waals surface area contributed by atoms with Crippen molar-refractivity contribution in [1.82, 2.24) is 9.55 Å². The van der Waals surface area contributed by atoms with Crippen molar-refractivity contribution in [3.05, 3.63) is 63.3 Å². The van der Waals surface area contributed by atoms with Gasteiger partial charge in [0.2, 0.25) is 0 Å². The molecule has 0 spiro atoms. The van der Waals surface area contributed by atoms with Crippen LogP contribution in [0.3, 0.4) is 0 Å². The standard InChI is InChI=1S/C16H14BrClN2O/c1-20-13-8-3-2-7-12(13)19-15(20)9-14(21)10-5-4-6-11(17)16(10)18/h2-8,14,21H,9H2,1H3. The molecule has 21 heavy (non-hydrogen) atoms. The van der Waals surface area contributed by atoms with Crippen molar-refractivity contribution in [3.63, 3.8) is 0 Å². The number of para-hydroxylation sites is 2. The fraction of sp³-hybridized carbons (Fsp3) is 0.188. The summed E-state index contributed by atoms with van der Waals surface area (Å²) in [5.74, 6) is 0.833. The molecular weight excluding hydrogens is 352 g/mol. The number of aliphatic hydroxyl groups excluding tert-OH is 1. The van der Waals surface area contributed by atoms with Crippen molar-refractivity contribution in [3.8, 4) is 0 Å². The Morgan fingerprint density at radius 2 is 2.00 bits per heavy atom. The Hall–Kier alpha value is -1.36. The van der Waals surface area contributed by atoms with E-state index in [9.17, 15) is 5.11 Å². The highest BCUT2D eigenvalue weighted by molar-refractivity contribution is 9.10. The Bertz CT molecular complexity index is 800. The van der Waals surface area contributed by atoms with Crippen LogP contribution < -0.4 is 0 Å². The lowest BCUT2D eigenvalue weighted by Crippen LogP contribution is -2.07. The van der Waals surface area contributed by atoms with Crippen LogP contribution >= 0.6 is 27.5 Å². The molecule has 1 unspecified atom stereocenters. The average molecular weight is 366 g/mol. The number of aryl methyl sites for hydroxylation is 1. The Labute approximate surface area is 136 Å². The third-order valence-electron chi connectivity index (χ3n) is 3.60. The second-order valence-corrected chi connectivity index (χ2v) is 6.17. The molecule has 3 aromatic rings. The quantitative estimate of drug-likeness (QED) is 0.753. The second kappa shape index (κ2) is 5.79. The van der Waals surface area contributed by atoms with E-state index in [4.69, 9.17) is 11.6 Å². The molecule has 0 saturated carbocycles. The first-order valence-corrected chi connectivity index (χ1v) is 7.77. The molecule has 0 aliphatic carbocycles. The zero-order chi connectivity index (χ0) is 15.0. The van der Waals surface area contributed by atoms with Crippen LogP contribution in [0, 0.1) is 0 Å². The van der Waals surface area contributed by atoms with Crippen molar-refractivity contribution in [2.24, 2.45) is 7.05 Å². The van der Waals surface area contributed by atoms with Crippen LogP contribution in [0.5, 0.6) is 0 Å². The van der Waals surface area contributed by atoms with Gasteiger partial charge in [-0.2, -0.15) is 0 Å². The van der Waals surface area contributed by atoms with E-state index in [0.29, 0.717) is 17.0 Å². The predicted octanol–water partition coefficient (Wildman–Crippen LogP) is 4.27. The second-order valence-electron chi connectivity index (χ2n) is 4.94. The zero-order valence-electron chi connectivity index (χ0n) is 11.4. The minimum atomic E-state index is -0.689. The monoisotopic (exact) mass is 364 g/mol. The first-order chi connectivity index (χ1) is 10.1. The molecule has 0 bridgehead atoms. The maximum absolute atomic E-state index is 10.5. The molecule has 1 aromatic heterocycles. The van der Waals surface area contributed by atoms with Gasteiger partial charge in [0.25, 0.3) is 0 Å². The van der Waals surface area contributed by atoms with Gasteiger partial charge >= 0.3 is 0 Å². The number of aromatic nitrogens is 2. The molecule has 3 nitrogen and oxygen atoms in total. The molecule has 5 heteroatoms. The summed E-state index contributed by atoms with van der Waals surface area (Å²) in [7, 11) is 1.96. The highest BCUT2D eigenvalue weighted by Crippen LogP contribution is 2.31. The molecule has 1 heterocycles. The first-order valence-electron chi connectivity index (χ1n) is 6.60. The number of hydrogen-bond acceptors (Lipinski definition) is 2. The van der Waals surface area contributed by atoms with Gasteiger partial charge in [0, 0.05) is 23.5 Å². The third kappa shape index (κ3) is 2.71. The van der Waals surface area contributed by atoms with Crippen LogP contribution in [-0.4, -0.2) is 14.7 Å². The average Bonchev–Trinajstić information content (AvgIpc) is 2.79. The number of aliphatic hydroxyl groups is 1. The minimum absolute atomic E-state index is 0.418. The first kappa shape index (κ1) is 14.6. The number of nitrogens with zero attached hydrogens (tertiary/aromatic N) is 2. The molecule has 0 saturated heterocycles. The van der Waals surface area contributed by atoms with E-state index in [1.807, 2.05) is 54.1 Å². The van der Waals surface area contributed by atoms with E-state index in [1.54, 1.807) is 0 Å². The number of rotatable bonds is 3. The van der Waals surface area contributed by atoms with Gasteiger partial charge in [-0.15, -0.1) is 0 Å². The summed E-state index contributed by atoms with van der Waals surface area (Å²) in [4.78, 5) is 4.58. The van der Waals surface area contributed by atoms with Gasteiger partial charge in [-0.25, -0.2) is 4.98 Å². The smallest absolute Gasteiger partial charge is 0.112 e. The van der Waals surface area contributed by atoms with E-state index in [-0.39, 0.29) is 0 Å². The molecule has 2 aromatic carbocycles. The number of benzene rings is 2. The molecule has 0 fully saturated rings. The molecule has 0 amide bonds. The Morgan fingerprint density at radius 3 is 2.76 bits per heavy atom. The SMILES string of the molecule is Cn1c(CC(O)c2cccc(Br)c2Cl)nc2ccccc21. The molecule has 108 valence electrons. The molecule has 0 aliphatic heterocycles. The van der Waals surface area contributed by atoms with Crippen molar-refractivity contribution >= 4 is 38.6 Å². The summed E-state index contributed by atoms with van der Waals surface area (Å²) in [6.07, 6.45) is -0.271. The van der Waals surface area contributed by atoms with Crippen LogP contribution in [0.15, 0.2) is 46.9 Å². The Kier molecular flexibility index (Phi) is 4.02. The third-order valence-corrected chi connectivity index (χ3v) is 4.91. The van der Waals surface area contributed by atoms with Gasteiger partial charge in [0.15, 0.2) is 0 Å². The Balaban J connectivity index is 1.94. The molecule has 0 radical (unpaired) electrons. The molecule has 1 atom stereocenters. The molecule has 3 rings (SSSR count). The normalized spacial score (nSPS) is 12.8. The lowest BCUT2D eigenvalue weighted by atomic mass is 10.1. The molecular formula is C16H14BrClN2O. The van der Waals surface area contributed by atoms with Gasteiger partial charge in [-0.05, 0) is 34.1 Å². The highest BCUT2D eigenvalue weighted by atomic mass is 79.9. The number of halogens is 2. The lowest BCUT2D eigenvalue weighted by molar-refractivity contribution is 0.175. The fourth-order valence-corrected chi connectivity index (χ4v) is 3.07. The van der Waals surface area contributed by atoms with Crippen LogP contribution in [-0.2, 0) is 13.5 Å². The van der Waals surface area contributed by atoms with E-state index >= 15 is 0 Å². The van der Waals surface area contributed by atoms with E-state index in [1.165, 1.54) is 0 Å². The van der Waals surface area contributed by atoms with Crippen molar-refractivity contribution in [1.29, 1.82) is 0 Å². The summed E-state index contributed by atoms with van der Waals surface area (Å²) in [5, 5.41) is 11.0. The zero-order valence-corrected chi connectivity index (χ0v) is 13.8. The summed E-state index contributed by atoms with van der Waals surface area (Å²) in [5.41, 5.74) is 2.70.